The molecule has 164 valence electrons. The van der Waals surface area contributed by atoms with Crippen LogP contribution in [0, 0.1) is 0 Å². The molecule has 0 amide bonds. The summed E-state index contributed by atoms with van der Waals surface area (Å²) in [5.74, 6) is 0. The monoisotopic (exact) mass is 442 g/mol. The average molecular weight is 443 g/mol. The van der Waals surface area contributed by atoms with Crippen molar-refractivity contribution in [2.45, 2.75) is 26.8 Å². The van der Waals surface area contributed by atoms with Crippen molar-refractivity contribution in [2.75, 3.05) is 19.6 Å². The Labute approximate surface area is 194 Å². The summed E-state index contributed by atoms with van der Waals surface area (Å²) in [5, 5.41) is 2.23. The van der Waals surface area contributed by atoms with Gasteiger partial charge in [0.2, 0.25) is 0 Å². The fourth-order valence-electron chi connectivity index (χ4n) is 3.85. The third-order valence-corrected chi connectivity index (χ3v) is 6.57. The van der Waals surface area contributed by atoms with Crippen LogP contribution in [-0.4, -0.2) is 34.1 Å². The number of nitrogens with zero attached hydrogens (tertiary/aromatic N) is 4. The Balaban J connectivity index is 1.66. The van der Waals surface area contributed by atoms with Crippen molar-refractivity contribution in [3.05, 3.63) is 89.3 Å². The van der Waals surface area contributed by atoms with E-state index in [1.54, 1.807) is 17.5 Å². The number of benzene rings is 2. The standard InChI is InChI=1S/C27H30N4S/c1-3-30(4-2)18-9-19-31-26(21-32-27(31)29-25-12-8-17-28-20-25)24-15-13-23(14-16-24)22-10-6-5-7-11-22/h5-8,10-17,20-21H,3-4,9,18-19H2,1-2H3. The minimum atomic E-state index is 0.887. The van der Waals surface area contributed by atoms with E-state index in [4.69, 9.17) is 4.99 Å². The smallest absolute Gasteiger partial charge is 0.190 e. The second-order valence-corrected chi connectivity index (χ2v) is 8.54. The van der Waals surface area contributed by atoms with Crippen LogP contribution in [0.25, 0.3) is 22.4 Å². The molecule has 4 aromatic rings. The molecule has 2 aromatic heterocycles. The van der Waals surface area contributed by atoms with E-state index in [9.17, 15) is 0 Å². The molecule has 0 atom stereocenters. The molecule has 0 aliphatic heterocycles. The molecular formula is C27H30N4S. The van der Waals surface area contributed by atoms with Gasteiger partial charge in [-0.3, -0.25) is 4.98 Å². The number of rotatable bonds is 9. The number of pyridine rings is 1. The van der Waals surface area contributed by atoms with Gasteiger partial charge in [0.1, 0.15) is 0 Å². The third kappa shape index (κ3) is 5.42. The first-order valence-corrected chi connectivity index (χ1v) is 12.2. The van der Waals surface area contributed by atoms with Crippen molar-refractivity contribution in [1.29, 1.82) is 0 Å². The van der Waals surface area contributed by atoms with Crippen molar-refractivity contribution in [2.24, 2.45) is 4.99 Å². The van der Waals surface area contributed by atoms with Gasteiger partial charge in [-0.05, 0) is 54.9 Å². The van der Waals surface area contributed by atoms with Crippen LogP contribution < -0.4 is 4.80 Å². The first kappa shape index (κ1) is 22.2. The molecule has 0 N–H and O–H groups in total. The highest BCUT2D eigenvalue weighted by atomic mass is 32.1. The van der Waals surface area contributed by atoms with Gasteiger partial charge in [0.15, 0.2) is 4.80 Å². The molecule has 0 saturated carbocycles. The van der Waals surface area contributed by atoms with Crippen molar-refractivity contribution in [3.63, 3.8) is 0 Å². The van der Waals surface area contributed by atoms with Crippen LogP contribution in [0.2, 0.25) is 0 Å². The van der Waals surface area contributed by atoms with Crippen molar-refractivity contribution >= 4 is 17.0 Å². The summed E-state index contributed by atoms with van der Waals surface area (Å²) < 4.78 is 2.36. The number of thiazole rings is 1. The summed E-state index contributed by atoms with van der Waals surface area (Å²) in [6.45, 7) is 8.66. The van der Waals surface area contributed by atoms with Crippen LogP contribution in [0.3, 0.4) is 0 Å². The second-order valence-electron chi connectivity index (χ2n) is 7.70. The highest BCUT2D eigenvalue weighted by Gasteiger charge is 2.10. The number of hydrogen-bond donors (Lipinski definition) is 0. The molecule has 0 bridgehead atoms. The first-order valence-electron chi connectivity index (χ1n) is 11.3. The lowest BCUT2D eigenvalue weighted by molar-refractivity contribution is 0.293. The van der Waals surface area contributed by atoms with Crippen molar-refractivity contribution < 1.29 is 0 Å². The molecule has 2 aromatic carbocycles. The Morgan fingerprint density at radius 1 is 0.875 bits per heavy atom. The molecule has 0 unspecified atom stereocenters. The quantitative estimate of drug-likeness (QED) is 0.307. The SMILES string of the molecule is CCN(CC)CCCn1c(-c2ccc(-c3ccccc3)cc2)csc1=Nc1cccnc1. The molecule has 0 aliphatic rings. The lowest BCUT2D eigenvalue weighted by Crippen LogP contribution is -2.26. The summed E-state index contributed by atoms with van der Waals surface area (Å²) >= 11 is 1.69. The van der Waals surface area contributed by atoms with Crippen LogP contribution >= 0.6 is 11.3 Å². The van der Waals surface area contributed by atoms with Crippen molar-refractivity contribution in [1.82, 2.24) is 14.5 Å². The predicted molar refractivity (Wildman–Crippen MR) is 135 cm³/mol. The van der Waals surface area contributed by atoms with Crippen molar-refractivity contribution in [3.8, 4) is 22.4 Å². The maximum atomic E-state index is 4.90. The van der Waals surface area contributed by atoms with Crippen LogP contribution in [0.15, 0.2) is 89.5 Å². The molecule has 0 spiro atoms. The van der Waals surface area contributed by atoms with E-state index in [1.165, 1.54) is 22.4 Å². The van der Waals surface area contributed by atoms with Gasteiger partial charge in [-0.15, -0.1) is 11.3 Å². The van der Waals surface area contributed by atoms with E-state index < -0.39 is 0 Å². The number of hydrogen-bond acceptors (Lipinski definition) is 4. The summed E-state index contributed by atoms with van der Waals surface area (Å²) in [6.07, 6.45) is 4.69. The normalized spacial score (nSPS) is 11.9. The molecule has 0 saturated heterocycles. The third-order valence-electron chi connectivity index (χ3n) is 5.71. The zero-order valence-corrected chi connectivity index (χ0v) is 19.6. The molecule has 0 fully saturated rings. The Morgan fingerprint density at radius 3 is 2.28 bits per heavy atom. The van der Waals surface area contributed by atoms with Crippen LogP contribution in [0.4, 0.5) is 5.69 Å². The molecule has 4 rings (SSSR count). The molecule has 5 heteroatoms. The summed E-state index contributed by atoms with van der Waals surface area (Å²) in [5.41, 5.74) is 5.80. The summed E-state index contributed by atoms with van der Waals surface area (Å²) in [6, 6.07) is 23.3. The molecular weight excluding hydrogens is 412 g/mol. The van der Waals surface area contributed by atoms with E-state index in [1.807, 2.05) is 18.3 Å². The molecule has 4 nitrogen and oxygen atoms in total. The Hall–Kier alpha value is -3.02. The minimum absolute atomic E-state index is 0.887. The fraction of sp³-hybridized carbons (Fsp3) is 0.259. The van der Waals surface area contributed by atoms with E-state index in [0.717, 1.165) is 43.1 Å². The highest BCUT2D eigenvalue weighted by molar-refractivity contribution is 7.07. The van der Waals surface area contributed by atoms with Gasteiger partial charge in [-0.2, -0.15) is 0 Å². The average Bonchev–Trinajstić information content (AvgIpc) is 3.25. The fourth-order valence-corrected chi connectivity index (χ4v) is 4.81. The zero-order valence-electron chi connectivity index (χ0n) is 18.8. The second kappa shape index (κ2) is 11.0. The number of aromatic nitrogens is 2. The molecule has 0 radical (unpaired) electrons. The van der Waals surface area contributed by atoms with Gasteiger partial charge in [0.25, 0.3) is 0 Å². The van der Waals surface area contributed by atoms with Crippen LogP contribution in [0.1, 0.15) is 20.3 Å². The largest absolute Gasteiger partial charge is 0.316 e. The maximum absolute atomic E-state index is 4.90. The maximum Gasteiger partial charge on any atom is 0.190 e. The van der Waals surface area contributed by atoms with Gasteiger partial charge in [-0.1, -0.05) is 68.4 Å². The topological polar surface area (TPSA) is 33.4 Å². The lowest BCUT2D eigenvalue weighted by atomic mass is 10.0. The Kier molecular flexibility index (Phi) is 7.64. The van der Waals surface area contributed by atoms with Gasteiger partial charge >= 0.3 is 0 Å². The van der Waals surface area contributed by atoms with E-state index >= 15 is 0 Å². The molecule has 2 heterocycles. The first-order chi connectivity index (χ1) is 15.8. The predicted octanol–water partition coefficient (Wildman–Crippen LogP) is 6.24. The summed E-state index contributed by atoms with van der Waals surface area (Å²) in [7, 11) is 0. The van der Waals surface area contributed by atoms with Gasteiger partial charge < -0.3 is 9.47 Å². The van der Waals surface area contributed by atoms with E-state index in [0.29, 0.717) is 0 Å². The lowest BCUT2D eigenvalue weighted by Gasteiger charge is -2.18. The van der Waals surface area contributed by atoms with Crippen LogP contribution in [0.5, 0.6) is 0 Å². The summed E-state index contributed by atoms with van der Waals surface area (Å²) in [4.78, 5) is 12.6. The van der Waals surface area contributed by atoms with E-state index in [2.05, 4.69) is 88.3 Å². The van der Waals surface area contributed by atoms with Gasteiger partial charge in [0.05, 0.1) is 17.6 Å². The Bertz CT molecular complexity index is 1160. The van der Waals surface area contributed by atoms with E-state index in [-0.39, 0.29) is 0 Å². The minimum Gasteiger partial charge on any atom is -0.316 e. The van der Waals surface area contributed by atoms with Gasteiger partial charge in [0, 0.05) is 18.1 Å². The molecule has 0 aliphatic carbocycles. The zero-order chi connectivity index (χ0) is 22.2. The van der Waals surface area contributed by atoms with Crippen LogP contribution in [-0.2, 0) is 6.54 Å². The molecule has 32 heavy (non-hydrogen) atoms. The van der Waals surface area contributed by atoms with Gasteiger partial charge in [-0.25, -0.2) is 4.99 Å². The highest BCUT2D eigenvalue weighted by Crippen LogP contribution is 2.25. The Morgan fingerprint density at radius 2 is 1.59 bits per heavy atom.